The molecule has 1 atom stereocenters. The second kappa shape index (κ2) is 9.06. The normalized spacial score (nSPS) is 14.6. The largest absolute Gasteiger partial charge is 0.507 e. The lowest BCUT2D eigenvalue weighted by atomic mass is 9.95. The molecule has 0 bridgehead atoms. The molecule has 1 aliphatic rings. The average Bonchev–Trinajstić information content (AvgIpc) is 3.28. The van der Waals surface area contributed by atoms with E-state index in [0.29, 0.717) is 11.3 Å². The number of methoxy groups -OCH3 is 1. The van der Waals surface area contributed by atoms with Crippen molar-refractivity contribution in [1.82, 2.24) is 9.78 Å². The summed E-state index contributed by atoms with van der Waals surface area (Å²) in [4.78, 5) is 30.4. The minimum atomic E-state index is -0.739. The minimum Gasteiger partial charge on any atom is -0.507 e. The van der Waals surface area contributed by atoms with Gasteiger partial charge in [0.2, 0.25) is 0 Å². The lowest BCUT2D eigenvalue weighted by Crippen LogP contribution is -2.25. The van der Waals surface area contributed by atoms with E-state index in [1.165, 1.54) is 25.4 Å². The second-order valence-corrected chi connectivity index (χ2v) is 8.26. The summed E-state index contributed by atoms with van der Waals surface area (Å²) in [6, 6.07) is 14.6. The number of aromatic hydroxyl groups is 2. The number of phenols is 1. The van der Waals surface area contributed by atoms with E-state index < -0.39 is 17.6 Å². The summed E-state index contributed by atoms with van der Waals surface area (Å²) in [5.74, 6) is -0.0228. The first-order valence-electron chi connectivity index (χ1n) is 11.1. The Morgan fingerprint density at radius 2 is 1.92 bits per heavy atom. The fourth-order valence-electron chi connectivity index (χ4n) is 4.20. The molecule has 3 N–H and O–H groups in total. The first-order valence-corrected chi connectivity index (χ1v) is 11.1. The van der Waals surface area contributed by atoms with E-state index in [9.17, 15) is 19.8 Å². The number of phenolic OH excluding ortho intramolecular Hbond substituents is 1. The number of para-hydroxylation sites is 1. The summed E-state index contributed by atoms with van der Waals surface area (Å²) < 4.78 is 12.0. The Morgan fingerprint density at radius 3 is 2.64 bits per heavy atom. The van der Waals surface area contributed by atoms with Gasteiger partial charge in [-0.2, -0.15) is 5.10 Å². The molecule has 2 aromatic carbocycles. The number of anilines is 1. The summed E-state index contributed by atoms with van der Waals surface area (Å²) in [5.41, 5.74) is 0.879. The van der Waals surface area contributed by atoms with Crippen molar-refractivity contribution in [3.8, 4) is 17.2 Å². The number of hydrogen-bond donors (Lipinski definition) is 3. The summed E-state index contributed by atoms with van der Waals surface area (Å²) in [7, 11) is 1.44. The zero-order chi connectivity index (χ0) is 25.4. The molecule has 1 aliphatic heterocycles. The summed E-state index contributed by atoms with van der Waals surface area (Å²) >= 11 is 0. The van der Waals surface area contributed by atoms with Crippen molar-refractivity contribution < 1.29 is 24.2 Å². The molecule has 0 saturated carbocycles. The van der Waals surface area contributed by atoms with Crippen LogP contribution >= 0.6 is 0 Å². The van der Waals surface area contributed by atoms with Gasteiger partial charge in [-0.1, -0.05) is 24.3 Å². The van der Waals surface area contributed by atoms with Crippen LogP contribution in [0.15, 0.2) is 75.0 Å². The van der Waals surface area contributed by atoms with Gasteiger partial charge in [-0.05, 0) is 36.8 Å². The third-order valence-electron chi connectivity index (χ3n) is 5.90. The molecule has 3 heterocycles. The van der Waals surface area contributed by atoms with Crippen LogP contribution in [0.3, 0.4) is 0 Å². The third-order valence-corrected chi connectivity index (χ3v) is 5.90. The Kier molecular flexibility index (Phi) is 5.77. The molecule has 0 aliphatic carbocycles. The maximum absolute atomic E-state index is 13.1. The molecule has 5 rings (SSSR count). The van der Waals surface area contributed by atoms with Crippen molar-refractivity contribution in [1.29, 1.82) is 0 Å². The van der Waals surface area contributed by atoms with Crippen molar-refractivity contribution in [2.75, 3.05) is 12.4 Å². The molecule has 0 radical (unpaired) electrons. The van der Waals surface area contributed by atoms with Crippen LogP contribution in [0, 0.1) is 6.92 Å². The quantitative estimate of drug-likeness (QED) is 0.388. The van der Waals surface area contributed by atoms with Crippen LogP contribution in [0.1, 0.15) is 39.7 Å². The number of nitrogens with one attached hydrogen (secondary N) is 1. The van der Waals surface area contributed by atoms with Gasteiger partial charge in [0.1, 0.15) is 22.6 Å². The highest BCUT2D eigenvalue weighted by atomic mass is 16.5. The Labute approximate surface area is 205 Å². The lowest BCUT2D eigenvalue weighted by Gasteiger charge is -2.25. The number of aryl methyl sites for hydroxylation is 1. The Balaban J connectivity index is 1.65. The van der Waals surface area contributed by atoms with Gasteiger partial charge in [0, 0.05) is 18.2 Å². The number of rotatable bonds is 5. The van der Waals surface area contributed by atoms with Crippen LogP contribution in [0.25, 0.3) is 0 Å². The van der Waals surface area contributed by atoms with Gasteiger partial charge in [-0.3, -0.25) is 4.79 Å². The van der Waals surface area contributed by atoms with Crippen LogP contribution in [-0.4, -0.2) is 38.7 Å². The van der Waals surface area contributed by atoms with Crippen molar-refractivity contribution in [3.63, 3.8) is 0 Å². The van der Waals surface area contributed by atoms with Gasteiger partial charge < -0.3 is 24.7 Å². The van der Waals surface area contributed by atoms with Gasteiger partial charge >= 0.3 is 5.63 Å². The highest BCUT2D eigenvalue weighted by molar-refractivity contribution is 6.10. The van der Waals surface area contributed by atoms with Crippen LogP contribution in [0.4, 0.5) is 11.5 Å². The fraction of sp³-hybridized carbons (Fsp3) is 0.154. The Morgan fingerprint density at radius 1 is 1.14 bits per heavy atom. The Hall–Kier alpha value is -4.86. The number of carbonyl (C=O) groups is 1. The van der Waals surface area contributed by atoms with Crippen molar-refractivity contribution >= 4 is 23.1 Å². The van der Waals surface area contributed by atoms with E-state index in [1.54, 1.807) is 48.0 Å². The van der Waals surface area contributed by atoms with Crippen molar-refractivity contribution in [3.05, 3.63) is 93.7 Å². The molecule has 0 spiro atoms. The molecule has 1 unspecified atom stereocenters. The van der Waals surface area contributed by atoms with Crippen molar-refractivity contribution in [2.24, 2.45) is 4.99 Å². The first-order chi connectivity index (χ1) is 17.4. The lowest BCUT2D eigenvalue weighted by molar-refractivity contribution is 0.102. The molecule has 1 amide bonds. The third kappa shape index (κ3) is 4.09. The molecular formula is C26H22N4O6. The zero-order valence-electron chi connectivity index (χ0n) is 19.4. The van der Waals surface area contributed by atoms with E-state index in [0.717, 1.165) is 0 Å². The number of ether oxygens (including phenoxy) is 1. The fourth-order valence-corrected chi connectivity index (χ4v) is 4.20. The topological polar surface area (TPSA) is 139 Å². The summed E-state index contributed by atoms with van der Waals surface area (Å²) in [6.45, 7) is 1.56. The molecule has 0 saturated heterocycles. The predicted octanol–water partition coefficient (Wildman–Crippen LogP) is 3.93. The highest BCUT2D eigenvalue weighted by Gasteiger charge is 2.32. The number of benzene rings is 2. The number of hydrogen-bond acceptors (Lipinski definition) is 8. The van der Waals surface area contributed by atoms with E-state index in [4.69, 9.17) is 9.15 Å². The number of carbonyl (C=O) groups excluding carboxylic acids is 1. The van der Waals surface area contributed by atoms with Crippen LogP contribution < -0.4 is 15.7 Å². The monoisotopic (exact) mass is 486 g/mol. The second-order valence-electron chi connectivity index (χ2n) is 8.26. The van der Waals surface area contributed by atoms with E-state index >= 15 is 0 Å². The maximum Gasteiger partial charge on any atom is 0.348 e. The molecule has 10 heteroatoms. The highest BCUT2D eigenvalue weighted by Crippen LogP contribution is 2.39. The first kappa shape index (κ1) is 22.9. The van der Waals surface area contributed by atoms with Gasteiger partial charge in [-0.25, -0.2) is 14.5 Å². The number of nitrogens with zero attached hydrogens (tertiary/aromatic N) is 3. The summed E-state index contributed by atoms with van der Waals surface area (Å²) in [6.07, 6.45) is 1.56. The summed E-state index contributed by atoms with van der Waals surface area (Å²) in [5, 5.41) is 27.9. The van der Waals surface area contributed by atoms with Crippen LogP contribution in [-0.2, 0) is 0 Å². The molecule has 0 fully saturated rings. The number of aliphatic imine (C=N–C) groups is 1. The molecule has 182 valence electrons. The zero-order valence-corrected chi connectivity index (χ0v) is 19.4. The maximum atomic E-state index is 13.1. The van der Waals surface area contributed by atoms with Crippen LogP contribution in [0.2, 0.25) is 0 Å². The molecular weight excluding hydrogens is 464 g/mol. The standard InChI is InChI=1S/C26H22N4O6/c1-14-10-21(32)23(26(34)36-14)18-12-19(15-8-9-20(31)22(11-15)35-2)30-24(29-18)17(13-27-30)25(33)28-16-6-4-3-5-7-16/h3-11,13,19,31-32H,12H2,1-2H3,(H,28,33). The SMILES string of the molecule is COc1cc(C2CC(c3c(O)cc(C)oc3=O)=Nc3c(C(=O)Nc4ccccc4)cnn32)ccc1O. The molecule has 10 nitrogen and oxygen atoms in total. The molecule has 36 heavy (non-hydrogen) atoms. The van der Waals surface area contributed by atoms with Crippen molar-refractivity contribution in [2.45, 2.75) is 19.4 Å². The van der Waals surface area contributed by atoms with Gasteiger partial charge in [0.15, 0.2) is 17.3 Å². The Bertz CT molecular complexity index is 1550. The van der Waals surface area contributed by atoms with Gasteiger partial charge in [0.05, 0.1) is 25.1 Å². The number of fused-ring (bicyclic) bond motifs is 1. The smallest absolute Gasteiger partial charge is 0.348 e. The number of amides is 1. The predicted molar refractivity (Wildman–Crippen MR) is 132 cm³/mol. The number of aromatic nitrogens is 2. The minimum absolute atomic E-state index is 0.0357. The van der Waals surface area contributed by atoms with E-state index in [2.05, 4.69) is 15.4 Å². The molecule has 4 aromatic rings. The average molecular weight is 486 g/mol. The van der Waals surface area contributed by atoms with Gasteiger partial charge in [-0.15, -0.1) is 0 Å². The van der Waals surface area contributed by atoms with E-state index in [1.807, 2.05) is 6.07 Å². The van der Waals surface area contributed by atoms with Crippen LogP contribution in [0.5, 0.6) is 17.2 Å². The van der Waals surface area contributed by atoms with E-state index in [-0.39, 0.29) is 52.1 Å². The van der Waals surface area contributed by atoms with Gasteiger partial charge in [0.25, 0.3) is 5.91 Å². The molecule has 2 aromatic heterocycles.